The number of methoxy groups -OCH3 is 1. The second-order valence-corrected chi connectivity index (χ2v) is 5.24. The molecule has 0 saturated heterocycles. The molecule has 0 fully saturated rings. The average Bonchev–Trinajstić information content (AvgIpc) is 3.02. The summed E-state index contributed by atoms with van der Waals surface area (Å²) in [4.78, 5) is 0.746. The smallest absolute Gasteiger partial charge is 0.234 e. The number of fused-ring (bicyclic) bond motifs is 1. The molecular formula is C13H14N4O2S. The lowest BCUT2D eigenvalue weighted by atomic mass is 10.3. The van der Waals surface area contributed by atoms with E-state index >= 15 is 0 Å². The predicted octanol–water partition coefficient (Wildman–Crippen LogP) is 2.47. The van der Waals surface area contributed by atoms with Gasteiger partial charge in [0.25, 0.3) is 0 Å². The van der Waals surface area contributed by atoms with E-state index in [1.165, 1.54) is 11.3 Å². The van der Waals surface area contributed by atoms with Gasteiger partial charge < -0.3 is 9.47 Å². The first kappa shape index (κ1) is 13.0. The third-order valence-corrected chi connectivity index (χ3v) is 3.81. The van der Waals surface area contributed by atoms with Crippen LogP contribution in [0.2, 0.25) is 0 Å². The molecule has 0 N–H and O–H groups in total. The molecule has 6 nitrogen and oxygen atoms in total. The van der Waals surface area contributed by atoms with Crippen molar-refractivity contribution in [3.05, 3.63) is 41.2 Å². The average molecular weight is 290 g/mol. The zero-order valence-electron chi connectivity index (χ0n) is 11.2. The zero-order chi connectivity index (χ0) is 13.9. The predicted molar refractivity (Wildman–Crippen MR) is 74.9 cm³/mol. The van der Waals surface area contributed by atoms with Crippen molar-refractivity contribution in [1.29, 1.82) is 0 Å². The van der Waals surface area contributed by atoms with Crippen LogP contribution in [0.5, 0.6) is 5.75 Å². The van der Waals surface area contributed by atoms with Crippen LogP contribution in [-0.2, 0) is 11.3 Å². The SMILES string of the molecule is COCc1nnc2sc([C@@H](C)Oc3ccccc3)nn12. The molecule has 0 saturated carbocycles. The van der Waals surface area contributed by atoms with Crippen molar-refractivity contribution in [3.8, 4) is 5.75 Å². The Kier molecular flexibility index (Phi) is 3.62. The maximum absolute atomic E-state index is 5.85. The Morgan fingerprint density at radius 3 is 2.80 bits per heavy atom. The quantitative estimate of drug-likeness (QED) is 0.722. The number of rotatable bonds is 5. The Hall–Kier alpha value is -1.99. The standard InChI is InChI=1S/C13H14N4O2S/c1-9(19-10-6-4-3-5-7-10)12-16-17-11(8-18-2)14-15-13(17)20-12/h3-7,9H,8H2,1-2H3/t9-/m1/s1. The molecule has 3 aromatic rings. The minimum Gasteiger partial charge on any atom is -0.483 e. The highest BCUT2D eigenvalue weighted by molar-refractivity contribution is 7.16. The van der Waals surface area contributed by atoms with Gasteiger partial charge in [-0.1, -0.05) is 29.5 Å². The van der Waals surface area contributed by atoms with E-state index in [-0.39, 0.29) is 6.10 Å². The molecule has 20 heavy (non-hydrogen) atoms. The molecule has 0 unspecified atom stereocenters. The lowest BCUT2D eigenvalue weighted by Crippen LogP contribution is -2.04. The third kappa shape index (κ3) is 2.50. The maximum atomic E-state index is 5.85. The van der Waals surface area contributed by atoms with Crippen molar-refractivity contribution in [2.75, 3.05) is 7.11 Å². The van der Waals surface area contributed by atoms with Crippen molar-refractivity contribution in [2.24, 2.45) is 0 Å². The van der Waals surface area contributed by atoms with Gasteiger partial charge >= 0.3 is 0 Å². The van der Waals surface area contributed by atoms with E-state index < -0.39 is 0 Å². The van der Waals surface area contributed by atoms with E-state index in [1.807, 2.05) is 37.3 Å². The second kappa shape index (κ2) is 5.56. The van der Waals surface area contributed by atoms with Crippen LogP contribution in [0.1, 0.15) is 23.9 Å². The molecule has 0 amide bonds. The first-order valence-corrected chi connectivity index (χ1v) is 7.01. The summed E-state index contributed by atoms with van der Waals surface area (Å²) in [7, 11) is 1.62. The van der Waals surface area contributed by atoms with Crippen LogP contribution in [0.15, 0.2) is 30.3 Å². The normalized spacial score (nSPS) is 12.7. The first-order chi connectivity index (χ1) is 9.78. The Morgan fingerprint density at radius 2 is 2.05 bits per heavy atom. The van der Waals surface area contributed by atoms with E-state index in [0.29, 0.717) is 12.4 Å². The molecule has 2 aromatic heterocycles. The number of ether oxygens (including phenoxy) is 2. The first-order valence-electron chi connectivity index (χ1n) is 6.19. The van der Waals surface area contributed by atoms with Crippen LogP contribution < -0.4 is 4.74 Å². The number of benzene rings is 1. The van der Waals surface area contributed by atoms with Gasteiger partial charge in [-0.15, -0.1) is 10.2 Å². The van der Waals surface area contributed by atoms with Crippen LogP contribution in [-0.4, -0.2) is 26.9 Å². The minimum absolute atomic E-state index is 0.139. The van der Waals surface area contributed by atoms with Crippen LogP contribution in [0.3, 0.4) is 0 Å². The lowest BCUT2D eigenvalue weighted by molar-refractivity contribution is 0.175. The Labute approximate surface area is 120 Å². The fraction of sp³-hybridized carbons (Fsp3) is 0.308. The molecule has 0 aliphatic rings. The molecule has 104 valence electrons. The Bertz CT molecular complexity index is 695. The molecule has 1 atom stereocenters. The summed E-state index contributed by atoms with van der Waals surface area (Å²) < 4.78 is 12.6. The van der Waals surface area contributed by atoms with Crippen molar-refractivity contribution < 1.29 is 9.47 Å². The Morgan fingerprint density at radius 1 is 1.25 bits per heavy atom. The van der Waals surface area contributed by atoms with Crippen LogP contribution >= 0.6 is 11.3 Å². The van der Waals surface area contributed by atoms with E-state index in [1.54, 1.807) is 11.6 Å². The summed E-state index contributed by atoms with van der Waals surface area (Å²) >= 11 is 1.47. The topological polar surface area (TPSA) is 61.5 Å². The van der Waals surface area contributed by atoms with Gasteiger partial charge in [-0.25, -0.2) is 0 Å². The van der Waals surface area contributed by atoms with Crippen molar-refractivity contribution in [1.82, 2.24) is 19.8 Å². The molecule has 3 rings (SSSR count). The molecule has 0 aliphatic heterocycles. The molecule has 0 spiro atoms. The van der Waals surface area contributed by atoms with Crippen LogP contribution in [0, 0.1) is 0 Å². The van der Waals surface area contributed by atoms with E-state index in [0.717, 1.165) is 15.7 Å². The number of hydrogen-bond acceptors (Lipinski definition) is 6. The summed E-state index contributed by atoms with van der Waals surface area (Å²) in [6.07, 6.45) is -0.139. The van der Waals surface area contributed by atoms with Crippen LogP contribution in [0.4, 0.5) is 0 Å². The van der Waals surface area contributed by atoms with Crippen LogP contribution in [0.25, 0.3) is 4.96 Å². The summed E-state index contributed by atoms with van der Waals surface area (Å²) in [5.74, 6) is 1.51. The summed E-state index contributed by atoms with van der Waals surface area (Å²) in [6, 6.07) is 9.69. The van der Waals surface area contributed by atoms with Crippen molar-refractivity contribution in [2.45, 2.75) is 19.6 Å². The minimum atomic E-state index is -0.139. The van der Waals surface area contributed by atoms with Gasteiger partial charge in [0, 0.05) is 7.11 Å². The number of aromatic nitrogens is 4. The molecule has 7 heteroatoms. The number of hydrogen-bond donors (Lipinski definition) is 0. The zero-order valence-corrected chi connectivity index (χ0v) is 12.0. The Balaban J connectivity index is 1.83. The van der Waals surface area contributed by atoms with E-state index in [4.69, 9.17) is 9.47 Å². The summed E-state index contributed by atoms with van der Waals surface area (Å²) in [6.45, 7) is 2.35. The van der Waals surface area contributed by atoms with E-state index in [9.17, 15) is 0 Å². The fourth-order valence-electron chi connectivity index (χ4n) is 1.81. The van der Waals surface area contributed by atoms with Gasteiger partial charge in [0.1, 0.15) is 18.5 Å². The van der Waals surface area contributed by atoms with Gasteiger partial charge in [0.15, 0.2) is 10.8 Å². The fourth-order valence-corrected chi connectivity index (χ4v) is 2.65. The second-order valence-electron chi connectivity index (χ2n) is 4.26. The van der Waals surface area contributed by atoms with Crippen molar-refractivity contribution in [3.63, 3.8) is 0 Å². The highest BCUT2D eigenvalue weighted by atomic mass is 32.1. The van der Waals surface area contributed by atoms with Gasteiger partial charge in [-0.2, -0.15) is 9.61 Å². The number of para-hydroxylation sites is 1. The largest absolute Gasteiger partial charge is 0.483 e. The van der Waals surface area contributed by atoms with Gasteiger partial charge in [-0.3, -0.25) is 0 Å². The molecule has 2 heterocycles. The maximum Gasteiger partial charge on any atom is 0.234 e. The highest BCUT2D eigenvalue weighted by Crippen LogP contribution is 2.25. The van der Waals surface area contributed by atoms with E-state index in [2.05, 4.69) is 15.3 Å². The molecule has 0 bridgehead atoms. The summed E-state index contributed by atoms with van der Waals surface area (Å²) in [5, 5.41) is 13.5. The molecular weight excluding hydrogens is 276 g/mol. The van der Waals surface area contributed by atoms with Gasteiger partial charge in [0.2, 0.25) is 4.96 Å². The molecule has 1 aromatic carbocycles. The molecule has 0 radical (unpaired) electrons. The molecule has 0 aliphatic carbocycles. The van der Waals surface area contributed by atoms with Gasteiger partial charge in [-0.05, 0) is 19.1 Å². The monoisotopic (exact) mass is 290 g/mol. The lowest BCUT2D eigenvalue weighted by Gasteiger charge is -2.11. The van der Waals surface area contributed by atoms with Crippen molar-refractivity contribution >= 4 is 16.3 Å². The summed E-state index contributed by atoms with van der Waals surface area (Å²) in [5.41, 5.74) is 0. The highest BCUT2D eigenvalue weighted by Gasteiger charge is 2.17. The number of nitrogens with zero attached hydrogens (tertiary/aromatic N) is 4. The third-order valence-electron chi connectivity index (χ3n) is 2.75. The van der Waals surface area contributed by atoms with Gasteiger partial charge in [0.05, 0.1) is 0 Å².